The van der Waals surface area contributed by atoms with Crippen LogP contribution in [0.1, 0.15) is 22.8 Å². The largest absolute Gasteiger partial charge is 0.460 e. The smallest absolute Gasteiger partial charge is 0.387 e. The van der Waals surface area contributed by atoms with Gasteiger partial charge in [0, 0.05) is 11.9 Å². The van der Waals surface area contributed by atoms with Crippen molar-refractivity contribution >= 4 is 46.5 Å². The zero-order chi connectivity index (χ0) is 15.3. The van der Waals surface area contributed by atoms with Crippen molar-refractivity contribution in [2.75, 3.05) is 11.8 Å². The average molecular weight is 318 g/mol. The van der Waals surface area contributed by atoms with E-state index in [9.17, 15) is 14.4 Å². The highest BCUT2D eigenvalue weighted by atomic mass is 35.5. The number of rotatable bonds is 3. The first-order valence-corrected chi connectivity index (χ1v) is 6.59. The molecule has 0 fully saturated rings. The van der Waals surface area contributed by atoms with E-state index in [0.717, 1.165) is 6.92 Å². The maximum Gasteiger partial charge on any atom is 0.387 e. The molecule has 0 amide bonds. The Hall–Kier alpha value is -1.73. The number of carbonyl (C=O) groups excluding carboxylic acids is 3. The Morgan fingerprint density at radius 3 is 2.50 bits per heavy atom. The van der Waals surface area contributed by atoms with E-state index < -0.39 is 17.2 Å². The zero-order valence-electron chi connectivity index (χ0n) is 11.0. The van der Waals surface area contributed by atoms with Crippen LogP contribution in [0.2, 0.25) is 5.02 Å². The Morgan fingerprint density at radius 1 is 1.30 bits per heavy atom. The fraction of sp³-hybridized carbons (Fsp3) is 0.250. The number of anilines is 1. The second-order valence-corrected chi connectivity index (χ2v) is 4.78. The molecule has 0 bridgehead atoms. The second-order valence-electron chi connectivity index (χ2n) is 3.63. The zero-order valence-corrected chi connectivity index (χ0v) is 12.6. The molecule has 0 radical (unpaired) electrons. The lowest BCUT2D eigenvalue weighted by atomic mass is 10.1. The lowest BCUT2D eigenvalue weighted by Gasteiger charge is -2.13. The Bertz CT molecular complexity index is 561. The summed E-state index contributed by atoms with van der Waals surface area (Å²) in [6, 6.07) is 2.91. The highest BCUT2D eigenvalue weighted by Gasteiger charge is 2.19. The number of hydrogen-bond donors (Lipinski definition) is 1. The molecule has 0 heterocycles. The molecule has 1 aromatic carbocycles. The third-order valence-corrected chi connectivity index (χ3v) is 3.31. The Kier molecular flexibility index (Phi) is 5.84. The maximum atomic E-state index is 11.8. The van der Waals surface area contributed by atoms with Crippen molar-refractivity contribution in [1.82, 2.24) is 0 Å². The normalized spacial score (nSPS) is 9.80. The van der Waals surface area contributed by atoms with E-state index in [1.807, 2.05) is 0 Å². The Balaban J connectivity index is 3.10. The maximum absolute atomic E-state index is 11.8. The minimum Gasteiger partial charge on any atom is -0.460 e. The number of methoxy groups -OCH3 is 1. The minimum absolute atomic E-state index is 0.0958. The van der Waals surface area contributed by atoms with Crippen LogP contribution in [0.5, 0.6) is 0 Å². The number of carbonyl (C=O) groups is 3. The molecule has 6 nitrogen and oxygen atoms in total. The number of nitrogens with one attached hydrogen (secondary N) is 1. The molecule has 0 spiro atoms. The topological polar surface area (TPSA) is 81.7 Å². The van der Waals surface area contributed by atoms with Crippen molar-refractivity contribution in [3.63, 3.8) is 0 Å². The van der Waals surface area contributed by atoms with Crippen LogP contribution in [0, 0.1) is 6.92 Å². The molecule has 108 valence electrons. The van der Waals surface area contributed by atoms with Crippen molar-refractivity contribution < 1.29 is 23.9 Å². The highest BCUT2D eigenvalue weighted by molar-refractivity contribution is 8.14. The van der Waals surface area contributed by atoms with Crippen molar-refractivity contribution in [3.05, 3.63) is 28.3 Å². The summed E-state index contributed by atoms with van der Waals surface area (Å²) in [6.45, 7) is 2.78. The average Bonchev–Trinajstić information content (AvgIpc) is 2.38. The molecule has 0 aliphatic rings. The van der Waals surface area contributed by atoms with E-state index in [2.05, 4.69) is 14.2 Å². The van der Waals surface area contributed by atoms with Gasteiger partial charge in [-0.2, -0.15) is 0 Å². The molecule has 1 aromatic rings. The third-order valence-electron chi connectivity index (χ3n) is 2.26. The predicted octanol–water partition coefficient (Wildman–Crippen LogP) is 3.18. The fourth-order valence-corrected chi connectivity index (χ4v) is 2.00. The SMILES string of the molecule is COC(=O)SNc1c(C(=O)OC(C)=O)ccc(Cl)c1C. The van der Waals surface area contributed by atoms with Crippen molar-refractivity contribution in [1.29, 1.82) is 0 Å². The number of esters is 2. The van der Waals surface area contributed by atoms with Crippen LogP contribution in [0.25, 0.3) is 0 Å². The van der Waals surface area contributed by atoms with Gasteiger partial charge in [-0.1, -0.05) is 11.6 Å². The van der Waals surface area contributed by atoms with Gasteiger partial charge in [0.05, 0.1) is 30.3 Å². The van der Waals surface area contributed by atoms with Crippen LogP contribution in [0.15, 0.2) is 12.1 Å². The molecule has 0 aliphatic carbocycles. The van der Waals surface area contributed by atoms with Gasteiger partial charge in [0.15, 0.2) is 0 Å². The first kappa shape index (κ1) is 16.3. The Labute approximate surface area is 124 Å². The summed E-state index contributed by atoms with van der Waals surface area (Å²) in [6.07, 6.45) is 0. The van der Waals surface area contributed by atoms with Gasteiger partial charge in [0.25, 0.3) is 0 Å². The monoisotopic (exact) mass is 317 g/mol. The molecule has 8 heteroatoms. The lowest BCUT2D eigenvalue weighted by molar-refractivity contribution is -0.135. The summed E-state index contributed by atoms with van der Waals surface area (Å²) in [5.74, 6) is -1.56. The van der Waals surface area contributed by atoms with Crippen LogP contribution in [-0.4, -0.2) is 24.3 Å². The summed E-state index contributed by atoms with van der Waals surface area (Å²) in [7, 11) is 1.23. The first-order valence-electron chi connectivity index (χ1n) is 5.39. The van der Waals surface area contributed by atoms with Crippen molar-refractivity contribution in [2.24, 2.45) is 0 Å². The lowest BCUT2D eigenvalue weighted by Crippen LogP contribution is -2.12. The van der Waals surface area contributed by atoms with E-state index in [0.29, 0.717) is 28.2 Å². The number of halogens is 1. The van der Waals surface area contributed by atoms with Crippen LogP contribution >= 0.6 is 23.5 Å². The number of ether oxygens (including phenoxy) is 2. The molecule has 0 saturated heterocycles. The quantitative estimate of drug-likeness (QED) is 0.521. The number of benzene rings is 1. The molecule has 0 saturated carbocycles. The van der Waals surface area contributed by atoms with Gasteiger partial charge in [-0.3, -0.25) is 4.79 Å². The van der Waals surface area contributed by atoms with Gasteiger partial charge in [0.1, 0.15) is 0 Å². The van der Waals surface area contributed by atoms with E-state index in [4.69, 9.17) is 11.6 Å². The summed E-state index contributed by atoms with van der Waals surface area (Å²) in [5.41, 5.74) is 0.929. The van der Waals surface area contributed by atoms with E-state index in [1.165, 1.54) is 19.2 Å². The molecule has 1 rings (SSSR count). The van der Waals surface area contributed by atoms with Gasteiger partial charge in [-0.25, -0.2) is 9.59 Å². The molecule has 0 aliphatic heterocycles. The molecule has 20 heavy (non-hydrogen) atoms. The summed E-state index contributed by atoms with van der Waals surface area (Å²) in [4.78, 5) is 33.8. The molecular formula is C12H12ClNO5S. The van der Waals surface area contributed by atoms with Crippen LogP contribution in [0.3, 0.4) is 0 Å². The van der Waals surface area contributed by atoms with Crippen LogP contribution < -0.4 is 4.72 Å². The minimum atomic E-state index is -0.828. The summed E-state index contributed by atoms with van der Waals surface area (Å²) < 4.78 is 11.7. The van der Waals surface area contributed by atoms with Gasteiger partial charge in [0.2, 0.25) is 0 Å². The summed E-state index contributed by atoms with van der Waals surface area (Å²) in [5, 5.41) is -0.187. The van der Waals surface area contributed by atoms with Gasteiger partial charge < -0.3 is 14.2 Å². The van der Waals surface area contributed by atoms with Crippen molar-refractivity contribution in [3.8, 4) is 0 Å². The van der Waals surface area contributed by atoms with E-state index >= 15 is 0 Å². The van der Waals surface area contributed by atoms with Crippen molar-refractivity contribution in [2.45, 2.75) is 13.8 Å². The van der Waals surface area contributed by atoms with Crippen LogP contribution in [0.4, 0.5) is 10.5 Å². The molecule has 1 N–H and O–H groups in total. The predicted molar refractivity (Wildman–Crippen MR) is 75.9 cm³/mol. The number of hydrogen-bond acceptors (Lipinski definition) is 7. The standard InChI is InChI=1S/C12H12ClNO5S/c1-6-9(13)5-4-8(11(16)19-7(2)15)10(6)14-20-12(17)18-3/h4-5,14H,1-3H3. The van der Waals surface area contributed by atoms with Gasteiger partial charge in [-0.05, 0) is 24.6 Å². The van der Waals surface area contributed by atoms with Gasteiger partial charge in [-0.15, -0.1) is 0 Å². The molecule has 0 unspecified atom stereocenters. The molecular weight excluding hydrogens is 306 g/mol. The second kappa shape index (κ2) is 7.16. The van der Waals surface area contributed by atoms with Crippen LogP contribution in [-0.2, 0) is 14.3 Å². The molecule has 0 aromatic heterocycles. The Morgan fingerprint density at radius 2 is 1.95 bits per heavy atom. The van der Waals surface area contributed by atoms with E-state index in [-0.39, 0.29) is 5.56 Å². The third kappa shape index (κ3) is 4.14. The highest BCUT2D eigenvalue weighted by Crippen LogP contribution is 2.30. The fourth-order valence-electron chi connectivity index (χ4n) is 1.31. The first-order chi connectivity index (χ1) is 9.36. The molecule has 0 atom stereocenters. The van der Waals surface area contributed by atoms with Gasteiger partial charge >= 0.3 is 17.2 Å². The summed E-state index contributed by atoms with van der Waals surface area (Å²) >= 11 is 6.60. The van der Waals surface area contributed by atoms with E-state index in [1.54, 1.807) is 6.92 Å².